The van der Waals surface area contributed by atoms with Gasteiger partial charge in [-0.3, -0.25) is 4.90 Å². The fraction of sp³-hybridized carbons (Fsp3) is 0.500. The van der Waals surface area contributed by atoms with Crippen molar-refractivity contribution < 1.29 is 8.78 Å². The molecular weight excluding hydrogens is 210 g/mol. The molecule has 1 aliphatic rings. The topological polar surface area (TPSA) is 15.3 Å². The lowest BCUT2D eigenvalue weighted by atomic mass is 10.4. The highest BCUT2D eigenvalue weighted by atomic mass is 19.1. The van der Waals surface area contributed by atoms with E-state index in [0.29, 0.717) is 6.54 Å². The van der Waals surface area contributed by atoms with Crippen LogP contribution in [0.5, 0.6) is 0 Å². The molecule has 1 aromatic carbocycles. The van der Waals surface area contributed by atoms with Gasteiger partial charge >= 0.3 is 0 Å². The molecule has 0 unspecified atom stereocenters. The molecule has 0 saturated carbocycles. The zero-order valence-corrected chi connectivity index (χ0v) is 9.33. The standard InChI is InChI=1S/C6H13FN2.C6H5F/c7-1-4-9-5-2-8-3-6-9;7-6-4-2-1-3-5-6/h8H,1-6H2;1-5H. The molecule has 1 fully saturated rings. The van der Waals surface area contributed by atoms with Crippen LogP contribution in [0.3, 0.4) is 0 Å². The van der Waals surface area contributed by atoms with Crippen LogP contribution in [0.25, 0.3) is 0 Å². The summed E-state index contributed by atoms with van der Waals surface area (Å²) in [4.78, 5) is 2.14. The average molecular weight is 228 g/mol. The van der Waals surface area contributed by atoms with Crippen LogP contribution in [-0.2, 0) is 0 Å². The minimum atomic E-state index is -0.208. The highest BCUT2D eigenvalue weighted by Crippen LogP contribution is 1.92. The van der Waals surface area contributed by atoms with Gasteiger partial charge in [0.25, 0.3) is 0 Å². The second kappa shape index (κ2) is 8.19. The molecule has 1 heterocycles. The van der Waals surface area contributed by atoms with Crippen molar-refractivity contribution in [1.29, 1.82) is 0 Å². The summed E-state index contributed by atoms with van der Waals surface area (Å²) in [6.07, 6.45) is 0. The minimum Gasteiger partial charge on any atom is -0.314 e. The second-order valence-electron chi connectivity index (χ2n) is 3.58. The van der Waals surface area contributed by atoms with Gasteiger partial charge in [0, 0.05) is 32.7 Å². The molecule has 0 radical (unpaired) electrons. The molecule has 4 heteroatoms. The van der Waals surface area contributed by atoms with Gasteiger partial charge in [0.15, 0.2) is 0 Å². The molecule has 0 bridgehead atoms. The van der Waals surface area contributed by atoms with Crippen molar-refractivity contribution >= 4 is 0 Å². The predicted molar refractivity (Wildman–Crippen MR) is 61.7 cm³/mol. The van der Waals surface area contributed by atoms with E-state index >= 15 is 0 Å². The Kier molecular flexibility index (Phi) is 6.69. The Morgan fingerprint density at radius 2 is 1.75 bits per heavy atom. The maximum atomic E-state index is 11.9. The van der Waals surface area contributed by atoms with Crippen LogP contribution in [0, 0.1) is 5.82 Å². The molecule has 90 valence electrons. The Labute approximate surface area is 95.3 Å². The Morgan fingerprint density at radius 1 is 1.12 bits per heavy atom. The first-order valence-corrected chi connectivity index (χ1v) is 5.52. The van der Waals surface area contributed by atoms with Gasteiger partial charge in [-0.1, -0.05) is 18.2 Å². The third-order valence-corrected chi connectivity index (χ3v) is 2.34. The van der Waals surface area contributed by atoms with E-state index in [-0.39, 0.29) is 12.5 Å². The van der Waals surface area contributed by atoms with Gasteiger partial charge in [0.05, 0.1) is 0 Å². The molecule has 16 heavy (non-hydrogen) atoms. The zero-order valence-electron chi connectivity index (χ0n) is 9.33. The highest BCUT2D eigenvalue weighted by Gasteiger charge is 2.07. The first-order valence-electron chi connectivity index (χ1n) is 5.52. The molecule has 0 aliphatic carbocycles. The van der Waals surface area contributed by atoms with E-state index in [4.69, 9.17) is 0 Å². The number of hydrogen-bond acceptors (Lipinski definition) is 2. The van der Waals surface area contributed by atoms with Gasteiger partial charge in [0.1, 0.15) is 12.5 Å². The molecule has 0 atom stereocenters. The highest BCUT2D eigenvalue weighted by molar-refractivity contribution is 5.02. The van der Waals surface area contributed by atoms with Crippen molar-refractivity contribution in [3.05, 3.63) is 36.1 Å². The van der Waals surface area contributed by atoms with Crippen molar-refractivity contribution in [2.75, 3.05) is 39.4 Å². The van der Waals surface area contributed by atoms with Crippen LogP contribution in [0.1, 0.15) is 0 Å². The zero-order chi connectivity index (χ0) is 11.6. The van der Waals surface area contributed by atoms with Gasteiger partial charge < -0.3 is 5.32 Å². The second-order valence-corrected chi connectivity index (χ2v) is 3.58. The third-order valence-electron chi connectivity index (χ3n) is 2.34. The molecule has 2 rings (SSSR count). The predicted octanol–water partition coefficient (Wildman–Crippen LogP) is 1.69. The molecule has 1 aliphatic heterocycles. The lowest BCUT2D eigenvalue weighted by Gasteiger charge is -2.25. The van der Waals surface area contributed by atoms with Crippen LogP contribution in [0.15, 0.2) is 30.3 Å². The lowest BCUT2D eigenvalue weighted by molar-refractivity contribution is 0.221. The molecule has 1 saturated heterocycles. The number of alkyl halides is 1. The van der Waals surface area contributed by atoms with E-state index in [2.05, 4.69) is 10.2 Å². The number of hydrogen-bond donors (Lipinski definition) is 1. The summed E-state index contributed by atoms with van der Waals surface area (Å²) >= 11 is 0. The summed E-state index contributed by atoms with van der Waals surface area (Å²) in [5, 5.41) is 3.21. The normalized spacial score (nSPS) is 16.4. The quantitative estimate of drug-likeness (QED) is 0.828. The van der Waals surface area contributed by atoms with E-state index in [1.165, 1.54) is 12.1 Å². The molecule has 2 nitrogen and oxygen atoms in total. The van der Waals surface area contributed by atoms with Crippen LogP contribution >= 0.6 is 0 Å². The van der Waals surface area contributed by atoms with E-state index in [9.17, 15) is 8.78 Å². The van der Waals surface area contributed by atoms with Crippen molar-refractivity contribution in [2.45, 2.75) is 0 Å². The summed E-state index contributed by atoms with van der Waals surface area (Å²) in [5.41, 5.74) is 0. The lowest BCUT2D eigenvalue weighted by Crippen LogP contribution is -2.44. The first-order chi connectivity index (χ1) is 7.83. The van der Waals surface area contributed by atoms with E-state index in [0.717, 1.165) is 26.2 Å². The fourth-order valence-corrected chi connectivity index (χ4v) is 1.47. The van der Waals surface area contributed by atoms with E-state index in [1.54, 1.807) is 18.2 Å². The smallest absolute Gasteiger partial charge is 0.123 e. The third kappa shape index (κ3) is 5.78. The summed E-state index contributed by atoms with van der Waals surface area (Å²) in [6, 6.07) is 7.94. The number of benzene rings is 1. The molecule has 0 spiro atoms. The largest absolute Gasteiger partial charge is 0.314 e. The number of halogens is 2. The van der Waals surface area contributed by atoms with Crippen molar-refractivity contribution in [3.8, 4) is 0 Å². The summed E-state index contributed by atoms with van der Waals surface area (Å²) in [6.45, 7) is 4.44. The number of rotatable bonds is 2. The van der Waals surface area contributed by atoms with Gasteiger partial charge in [0.2, 0.25) is 0 Å². The Balaban J connectivity index is 0.000000165. The Hall–Kier alpha value is -1.00. The molecular formula is C12H18F2N2. The maximum absolute atomic E-state index is 11.9. The van der Waals surface area contributed by atoms with Gasteiger partial charge in [-0.25, -0.2) is 8.78 Å². The van der Waals surface area contributed by atoms with E-state index < -0.39 is 0 Å². The summed E-state index contributed by atoms with van der Waals surface area (Å²) in [7, 11) is 0. The molecule has 0 amide bonds. The average Bonchev–Trinajstić information content (AvgIpc) is 2.33. The Morgan fingerprint density at radius 3 is 2.19 bits per heavy atom. The van der Waals surface area contributed by atoms with E-state index in [1.807, 2.05) is 0 Å². The van der Waals surface area contributed by atoms with Crippen LogP contribution in [-0.4, -0.2) is 44.3 Å². The molecule has 1 N–H and O–H groups in total. The number of piperazine rings is 1. The van der Waals surface area contributed by atoms with Gasteiger partial charge in [-0.15, -0.1) is 0 Å². The summed E-state index contributed by atoms with van der Waals surface area (Å²) in [5.74, 6) is -0.178. The van der Waals surface area contributed by atoms with Crippen LogP contribution < -0.4 is 5.32 Å². The SMILES string of the molecule is FCCN1CCNCC1.Fc1ccccc1. The number of nitrogens with zero attached hydrogens (tertiary/aromatic N) is 1. The van der Waals surface area contributed by atoms with Crippen molar-refractivity contribution in [3.63, 3.8) is 0 Å². The molecule has 1 aromatic rings. The van der Waals surface area contributed by atoms with Gasteiger partial charge in [-0.05, 0) is 12.1 Å². The maximum Gasteiger partial charge on any atom is 0.123 e. The number of nitrogens with one attached hydrogen (secondary N) is 1. The van der Waals surface area contributed by atoms with Crippen LogP contribution in [0.2, 0.25) is 0 Å². The Bertz CT molecular complexity index is 258. The van der Waals surface area contributed by atoms with Crippen LogP contribution in [0.4, 0.5) is 8.78 Å². The fourth-order valence-electron chi connectivity index (χ4n) is 1.47. The monoisotopic (exact) mass is 228 g/mol. The van der Waals surface area contributed by atoms with Crippen molar-refractivity contribution in [2.24, 2.45) is 0 Å². The first kappa shape index (κ1) is 13.1. The molecule has 0 aromatic heterocycles. The minimum absolute atomic E-state index is 0.178. The van der Waals surface area contributed by atoms with Crippen molar-refractivity contribution in [1.82, 2.24) is 10.2 Å². The summed E-state index contributed by atoms with van der Waals surface area (Å²) < 4.78 is 23.6. The van der Waals surface area contributed by atoms with Gasteiger partial charge in [-0.2, -0.15) is 0 Å².